The van der Waals surface area contributed by atoms with Crippen LogP contribution in [0.25, 0.3) is 0 Å². The van der Waals surface area contributed by atoms with E-state index in [0.717, 1.165) is 6.42 Å². The van der Waals surface area contributed by atoms with E-state index < -0.39 is 0 Å². The number of benzene rings is 1. The van der Waals surface area contributed by atoms with Gasteiger partial charge in [-0.1, -0.05) is 38.1 Å². The number of hydrogen-bond acceptors (Lipinski definition) is 2. The molecule has 0 atom stereocenters. The van der Waals surface area contributed by atoms with Crippen LogP contribution in [-0.2, 0) is 35.8 Å². The molecule has 24 heavy (non-hydrogen) atoms. The molecule has 0 saturated heterocycles. The van der Waals surface area contributed by atoms with E-state index in [1.807, 2.05) is 30.4 Å². The largest absolute Gasteiger partial charge is 0 e. The molecular weight excluding hydrogens is 352 g/mol. The number of esters is 1. The van der Waals surface area contributed by atoms with Gasteiger partial charge in [-0.2, -0.15) is 0 Å². The number of allylic oxidation sites excluding steroid dienone is 3. The molecule has 2 rings (SSSR count). The van der Waals surface area contributed by atoms with E-state index in [1.165, 1.54) is 0 Å². The SMILES string of the molecule is CC1(C)C=CC(OC(=O)c2ccccc2)=CC1.[C-]#[O+].[C-]#[O+].[C-]#[O+].[Fe]. The number of ether oxygens (including phenoxy) is 1. The summed E-state index contributed by atoms with van der Waals surface area (Å²) in [5.74, 6) is 0.333. The van der Waals surface area contributed by atoms with Crippen molar-refractivity contribution in [2.45, 2.75) is 20.3 Å². The summed E-state index contributed by atoms with van der Waals surface area (Å²) in [6.07, 6.45) is 6.78. The second-order valence-electron chi connectivity index (χ2n) is 4.89. The average molecular weight is 368 g/mol. The summed E-state index contributed by atoms with van der Waals surface area (Å²) in [6, 6.07) is 9.02. The van der Waals surface area contributed by atoms with Crippen molar-refractivity contribution in [1.82, 2.24) is 0 Å². The van der Waals surface area contributed by atoms with Crippen LogP contribution in [0.1, 0.15) is 30.6 Å². The number of carbonyl (C=O) groups excluding carboxylic acids is 1. The van der Waals surface area contributed by atoms with Gasteiger partial charge in [0, 0.05) is 17.1 Å². The van der Waals surface area contributed by atoms with Crippen molar-refractivity contribution in [3.63, 3.8) is 0 Å². The summed E-state index contributed by atoms with van der Waals surface area (Å²) < 4.78 is 27.8. The van der Waals surface area contributed by atoms with Crippen LogP contribution in [-0.4, -0.2) is 5.97 Å². The molecule has 0 saturated carbocycles. The molecule has 0 spiro atoms. The summed E-state index contributed by atoms with van der Waals surface area (Å²) in [4.78, 5) is 11.8. The third-order valence-corrected chi connectivity index (χ3v) is 2.75. The smallest absolute Gasteiger partial charge is 0 e. The molecule has 0 amide bonds. The predicted octanol–water partition coefficient (Wildman–Crippen LogP) is 3.60. The Hall–Kier alpha value is -2.09. The Labute approximate surface area is 152 Å². The Morgan fingerprint density at radius 2 is 1.54 bits per heavy atom. The van der Waals surface area contributed by atoms with Crippen LogP contribution in [0.2, 0.25) is 0 Å². The Balaban J connectivity index is -0.000000569. The summed E-state index contributed by atoms with van der Waals surface area (Å²) in [5, 5.41) is 0. The maximum absolute atomic E-state index is 11.8. The van der Waals surface area contributed by atoms with E-state index in [2.05, 4.69) is 39.9 Å². The second kappa shape index (κ2) is 15.8. The van der Waals surface area contributed by atoms with Gasteiger partial charge in [0.1, 0.15) is 5.76 Å². The number of hydrogen-bond donors (Lipinski definition) is 0. The van der Waals surface area contributed by atoms with Gasteiger partial charge < -0.3 is 4.74 Å². The molecule has 0 bridgehead atoms. The standard InChI is InChI=1S/C15H16O2.3CO.Fe/c1-15(2)10-8-13(9-11-15)17-14(16)12-6-4-3-5-7-12;3*1-2;/h3-10H,11H2,1-2H3;;;;. The first-order chi connectivity index (χ1) is 11.1. The Morgan fingerprint density at radius 3 is 1.96 bits per heavy atom. The Kier molecular flexibility index (Phi) is 17.6. The molecule has 0 unspecified atom stereocenters. The van der Waals surface area contributed by atoms with E-state index in [0.29, 0.717) is 11.3 Å². The van der Waals surface area contributed by atoms with E-state index >= 15 is 0 Å². The van der Waals surface area contributed by atoms with Crippen molar-refractivity contribution in [1.29, 1.82) is 0 Å². The van der Waals surface area contributed by atoms with Crippen LogP contribution in [0, 0.1) is 25.4 Å². The predicted molar refractivity (Wildman–Crippen MR) is 79.3 cm³/mol. The van der Waals surface area contributed by atoms with Crippen LogP contribution in [0.15, 0.2) is 54.3 Å². The molecule has 5 nitrogen and oxygen atoms in total. The van der Waals surface area contributed by atoms with Crippen molar-refractivity contribution in [3.05, 3.63) is 79.8 Å². The van der Waals surface area contributed by atoms with Crippen molar-refractivity contribution in [2.24, 2.45) is 5.41 Å². The summed E-state index contributed by atoms with van der Waals surface area (Å²) >= 11 is 0. The van der Waals surface area contributed by atoms with Gasteiger partial charge in [0.05, 0.1) is 5.56 Å². The van der Waals surface area contributed by atoms with E-state index in [-0.39, 0.29) is 28.5 Å². The molecular formula is C18H16FeO5. The van der Waals surface area contributed by atoms with Crippen molar-refractivity contribution in [2.75, 3.05) is 0 Å². The van der Waals surface area contributed by atoms with Crippen molar-refractivity contribution < 1.29 is 40.6 Å². The van der Waals surface area contributed by atoms with Crippen LogP contribution < -0.4 is 0 Å². The molecule has 126 valence electrons. The van der Waals surface area contributed by atoms with Gasteiger partial charge in [0.15, 0.2) is 0 Å². The molecule has 1 aliphatic rings. The molecule has 6 heteroatoms. The van der Waals surface area contributed by atoms with Gasteiger partial charge >= 0.3 is 39.9 Å². The third-order valence-electron chi connectivity index (χ3n) is 2.75. The summed E-state index contributed by atoms with van der Waals surface area (Å²) in [6.45, 7) is 17.8. The maximum Gasteiger partial charge on any atom is 0 e. The van der Waals surface area contributed by atoms with Crippen LogP contribution in [0.5, 0.6) is 0 Å². The number of rotatable bonds is 2. The zero-order valence-corrected chi connectivity index (χ0v) is 14.3. The topological polar surface area (TPSA) is 86.0 Å². The molecule has 1 aromatic carbocycles. The van der Waals surface area contributed by atoms with E-state index in [9.17, 15) is 4.79 Å². The molecule has 0 N–H and O–H groups in total. The molecule has 0 radical (unpaired) electrons. The van der Waals surface area contributed by atoms with Crippen LogP contribution >= 0.6 is 0 Å². The minimum absolute atomic E-state index is 0. The van der Waals surface area contributed by atoms with Crippen molar-refractivity contribution in [3.8, 4) is 0 Å². The quantitative estimate of drug-likeness (QED) is 0.346. The monoisotopic (exact) mass is 368 g/mol. The van der Waals surface area contributed by atoms with Gasteiger partial charge in [-0.25, -0.2) is 4.79 Å². The molecule has 1 aromatic rings. The summed E-state index contributed by atoms with van der Waals surface area (Å²) in [7, 11) is 0. The molecule has 1 aliphatic carbocycles. The Morgan fingerprint density at radius 1 is 1.04 bits per heavy atom. The van der Waals surface area contributed by atoms with E-state index in [4.69, 9.17) is 18.7 Å². The third kappa shape index (κ3) is 10.6. The van der Waals surface area contributed by atoms with E-state index in [1.54, 1.807) is 12.1 Å². The van der Waals surface area contributed by atoms with Gasteiger partial charge in [-0.05, 0) is 36.1 Å². The Bertz CT molecular complexity index is 581. The van der Waals surface area contributed by atoms with Crippen LogP contribution in [0.4, 0.5) is 0 Å². The fourth-order valence-corrected chi connectivity index (χ4v) is 1.62. The normalized spacial score (nSPS) is 12.6. The molecule has 0 heterocycles. The maximum atomic E-state index is 11.8. The second-order valence-corrected chi connectivity index (χ2v) is 4.89. The first-order valence-electron chi connectivity index (χ1n) is 6.35. The average Bonchev–Trinajstić information content (AvgIpc) is 2.63. The first-order valence-corrected chi connectivity index (χ1v) is 6.35. The van der Waals surface area contributed by atoms with Gasteiger partial charge in [0.2, 0.25) is 0 Å². The first kappa shape index (κ1) is 26.8. The number of carbonyl (C=O) groups is 1. The summed E-state index contributed by atoms with van der Waals surface area (Å²) in [5.41, 5.74) is 0.731. The molecule has 0 aliphatic heterocycles. The zero-order valence-electron chi connectivity index (χ0n) is 13.2. The molecule has 0 aromatic heterocycles. The molecule has 0 fully saturated rings. The fourth-order valence-electron chi connectivity index (χ4n) is 1.62. The van der Waals surface area contributed by atoms with Gasteiger partial charge in [-0.3, -0.25) is 0 Å². The minimum atomic E-state index is -0.304. The van der Waals surface area contributed by atoms with Crippen molar-refractivity contribution >= 4 is 5.97 Å². The van der Waals surface area contributed by atoms with Gasteiger partial charge in [-0.15, -0.1) is 0 Å². The minimum Gasteiger partial charge on any atom is 0 e. The fraction of sp³-hybridized carbons (Fsp3) is 0.222. The van der Waals surface area contributed by atoms with Gasteiger partial charge in [0.25, 0.3) is 0 Å². The zero-order chi connectivity index (χ0) is 18.3. The van der Waals surface area contributed by atoms with Crippen LogP contribution in [0.3, 0.4) is 0 Å².